The summed E-state index contributed by atoms with van der Waals surface area (Å²) in [4.78, 5) is 11.9. The standard InChI is InChI=1S/C12H11BrFN3O/c1-8(17-7-9(13)6-15-17)12(18)16-11-4-2-3-10(14)5-11/h2-8H,1H3,(H,16,18). The van der Waals surface area contributed by atoms with Crippen molar-refractivity contribution in [1.82, 2.24) is 9.78 Å². The average Bonchev–Trinajstić information content (AvgIpc) is 2.75. The van der Waals surface area contributed by atoms with Gasteiger partial charge in [0.25, 0.3) is 0 Å². The Bertz CT molecular complexity index is 570. The third-order valence-electron chi connectivity index (χ3n) is 2.44. The number of rotatable bonds is 3. The van der Waals surface area contributed by atoms with Crippen LogP contribution >= 0.6 is 15.9 Å². The van der Waals surface area contributed by atoms with Crippen molar-refractivity contribution in [2.75, 3.05) is 5.32 Å². The summed E-state index contributed by atoms with van der Waals surface area (Å²) in [5, 5.41) is 6.67. The van der Waals surface area contributed by atoms with Gasteiger partial charge in [0, 0.05) is 11.9 Å². The van der Waals surface area contributed by atoms with Gasteiger partial charge < -0.3 is 5.32 Å². The van der Waals surface area contributed by atoms with Gasteiger partial charge in [0.1, 0.15) is 11.9 Å². The van der Waals surface area contributed by atoms with Crippen molar-refractivity contribution in [3.05, 3.63) is 46.9 Å². The van der Waals surface area contributed by atoms with Crippen LogP contribution in [0.4, 0.5) is 10.1 Å². The van der Waals surface area contributed by atoms with E-state index in [1.807, 2.05) is 0 Å². The number of halogens is 2. The molecule has 0 aliphatic carbocycles. The molecule has 0 aliphatic rings. The minimum atomic E-state index is -0.473. The normalized spacial score (nSPS) is 12.2. The zero-order valence-electron chi connectivity index (χ0n) is 9.60. The van der Waals surface area contributed by atoms with Crippen LogP contribution in [-0.2, 0) is 4.79 Å². The first kappa shape index (κ1) is 12.8. The number of aromatic nitrogens is 2. The molecule has 0 aliphatic heterocycles. The summed E-state index contributed by atoms with van der Waals surface area (Å²) in [6, 6.07) is 5.29. The highest BCUT2D eigenvalue weighted by Crippen LogP contribution is 2.15. The lowest BCUT2D eigenvalue weighted by molar-refractivity contribution is -0.119. The molecule has 0 spiro atoms. The summed E-state index contributed by atoms with van der Waals surface area (Å²) < 4.78 is 15.3. The fourth-order valence-electron chi connectivity index (χ4n) is 1.46. The van der Waals surface area contributed by atoms with Crippen LogP contribution in [0, 0.1) is 5.82 Å². The molecule has 4 nitrogen and oxygen atoms in total. The molecule has 2 rings (SSSR count). The molecule has 1 N–H and O–H groups in total. The van der Waals surface area contributed by atoms with Crippen LogP contribution in [0.5, 0.6) is 0 Å². The predicted octanol–water partition coefficient (Wildman–Crippen LogP) is 2.98. The molecule has 1 amide bonds. The number of hydrogen-bond acceptors (Lipinski definition) is 2. The maximum atomic E-state index is 13.0. The number of benzene rings is 1. The van der Waals surface area contributed by atoms with E-state index < -0.39 is 6.04 Å². The van der Waals surface area contributed by atoms with Crippen LogP contribution in [0.2, 0.25) is 0 Å². The zero-order chi connectivity index (χ0) is 13.1. The number of anilines is 1. The van der Waals surface area contributed by atoms with E-state index in [0.29, 0.717) is 5.69 Å². The van der Waals surface area contributed by atoms with Crippen LogP contribution in [0.1, 0.15) is 13.0 Å². The zero-order valence-corrected chi connectivity index (χ0v) is 11.2. The molecule has 0 fully saturated rings. The third-order valence-corrected chi connectivity index (χ3v) is 2.85. The van der Waals surface area contributed by atoms with Crippen LogP contribution in [-0.4, -0.2) is 15.7 Å². The molecule has 0 radical (unpaired) electrons. The molecule has 0 saturated heterocycles. The van der Waals surface area contributed by atoms with Gasteiger partial charge in [0.05, 0.1) is 10.7 Å². The van der Waals surface area contributed by atoms with Gasteiger partial charge in [-0.1, -0.05) is 6.07 Å². The molecular weight excluding hydrogens is 301 g/mol. The second-order valence-electron chi connectivity index (χ2n) is 3.81. The van der Waals surface area contributed by atoms with Gasteiger partial charge in [-0.15, -0.1) is 0 Å². The van der Waals surface area contributed by atoms with Crippen LogP contribution in [0.25, 0.3) is 0 Å². The highest BCUT2D eigenvalue weighted by Gasteiger charge is 2.15. The van der Waals surface area contributed by atoms with Gasteiger partial charge in [-0.2, -0.15) is 5.10 Å². The largest absolute Gasteiger partial charge is 0.324 e. The lowest BCUT2D eigenvalue weighted by Gasteiger charge is -2.12. The summed E-state index contributed by atoms with van der Waals surface area (Å²) in [5.41, 5.74) is 0.429. The summed E-state index contributed by atoms with van der Waals surface area (Å²) in [7, 11) is 0. The Morgan fingerprint density at radius 1 is 1.56 bits per heavy atom. The number of hydrogen-bond donors (Lipinski definition) is 1. The van der Waals surface area contributed by atoms with E-state index in [9.17, 15) is 9.18 Å². The Kier molecular flexibility index (Phi) is 3.76. The van der Waals surface area contributed by atoms with E-state index in [1.54, 1.807) is 31.5 Å². The Labute approximate surface area is 112 Å². The van der Waals surface area contributed by atoms with Crippen LogP contribution in [0.15, 0.2) is 41.1 Å². The molecule has 1 heterocycles. The number of carbonyl (C=O) groups is 1. The third kappa shape index (κ3) is 2.95. The Balaban J connectivity index is 2.08. The molecule has 1 aromatic carbocycles. The molecule has 94 valence electrons. The van der Waals surface area contributed by atoms with E-state index >= 15 is 0 Å². The van der Waals surface area contributed by atoms with Crippen molar-refractivity contribution in [2.45, 2.75) is 13.0 Å². The second-order valence-corrected chi connectivity index (χ2v) is 4.73. The summed E-state index contributed by atoms with van der Waals surface area (Å²) in [5.74, 6) is -0.640. The highest BCUT2D eigenvalue weighted by molar-refractivity contribution is 9.10. The van der Waals surface area contributed by atoms with E-state index in [0.717, 1.165) is 4.47 Å². The van der Waals surface area contributed by atoms with Crippen molar-refractivity contribution in [1.29, 1.82) is 0 Å². The predicted molar refractivity (Wildman–Crippen MR) is 69.7 cm³/mol. The quantitative estimate of drug-likeness (QED) is 0.947. The average molecular weight is 312 g/mol. The van der Waals surface area contributed by atoms with Crippen molar-refractivity contribution in [3.63, 3.8) is 0 Å². The molecule has 2 aromatic rings. The summed E-state index contributed by atoms with van der Waals surface area (Å²) in [6.45, 7) is 1.72. The molecule has 6 heteroatoms. The molecule has 1 atom stereocenters. The summed E-state index contributed by atoms with van der Waals surface area (Å²) >= 11 is 3.26. The number of amides is 1. The molecule has 1 unspecified atom stereocenters. The fraction of sp³-hybridized carbons (Fsp3) is 0.167. The van der Waals surface area contributed by atoms with Crippen molar-refractivity contribution in [3.8, 4) is 0 Å². The number of carbonyl (C=O) groups excluding carboxylic acids is 1. The van der Waals surface area contributed by atoms with Crippen LogP contribution < -0.4 is 5.32 Å². The van der Waals surface area contributed by atoms with Crippen molar-refractivity contribution in [2.24, 2.45) is 0 Å². The fourth-order valence-corrected chi connectivity index (χ4v) is 1.76. The smallest absolute Gasteiger partial charge is 0.248 e. The molecule has 0 saturated carbocycles. The maximum Gasteiger partial charge on any atom is 0.248 e. The van der Waals surface area contributed by atoms with Gasteiger partial charge in [-0.3, -0.25) is 9.48 Å². The van der Waals surface area contributed by atoms with Gasteiger partial charge in [-0.05, 0) is 41.1 Å². The maximum absolute atomic E-state index is 13.0. The summed E-state index contributed by atoms with van der Waals surface area (Å²) in [6.07, 6.45) is 3.31. The molecule has 0 bridgehead atoms. The first-order chi connectivity index (χ1) is 8.56. The monoisotopic (exact) mass is 311 g/mol. The highest BCUT2D eigenvalue weighted by atomic mass is 79.9. The van der Waals surface area contributed by atoms with Gasteiger partial charge in [0.2, 0.25) is 5.91 Å². The first-order valence-electron chi connectivity index (χ1n) is 5.32. The lowest BCUT2D eigenvalue weighted by Crippen LogP contribution is -2.24. The Morgan fingerprint density at radius 3 is 2.94 bits per heavy atom. The minimum Gasteiger partial charge on any atom is -0.324 e. The first-order valence-corrected chi connectivity index (χ1v) is 6.11. The SMILES string of the molecule is CC(C(=O)Nc1cccc(F)c1)n1cc(Br)cn1. The molecule has 1 aromatic heterocycles. The minimum absolute atomic E-state index is 0.254. The lowest BCUT2D eigenvalue weighted by atomic mass is 10.2. The van der Waals surface area contributed by atoms with Crippen molar-refractivity contribution < 1.29 is 9.18 Å². The number of nitrogens with one attached hydrogen (secondary N) is 1. The molecular formula is C12H11BrFN3O. The van der Waals surface area contributed by atoms with E-state index in [4.69, 9.17) is 0 Å². The van der Waals surface area contributed by atoms with Gasteiger partial charge >= 0.3 is 0 Å². The number of nitrogens with zero attached hydrogens (tertiary/aromatic N) is 2. The second kappa shape index (κ2) is 5.30. The van der Waals surface area contributed by atoms with E-state index in [-0.39, 0.29) is 11.7 Å². The topological polar surface area (TPSA) is 46.9 Å². The van der Waals surface area contributed by atoms with E-state index in [2.05, 4.69) is 26.3 Å². The van der Waals surface area contributed by atoms with Crippen molar-refractivity contribution >= 4 is 27.5 Å². The van der Waals surface area contributed by atoms with Gasteiger partial charge in [-0.25, -0.2) is 4.39 Å². The van der Waals surface area contributed by atoms with Gasteiger partial charge in [0.15, 0.2) is 0 Å². The van der Waals surface area contributed by atoms with E-state index in [1.165, 1.54) is 16.8 Å². The Morgan fingerprint density at radius 2 is 2.33 bits per heavy atom. The molecule has 18 heavy (non-hydrogen) atoms. The van der Waals surface area contributed by atoms with Crippen LogP contribution in [0.3, 0.4) is 0 Å². The Hall–Kier alpha value is -1.69.